The number of carboxylic acid groups (broad SMARTS) is 1. The molecule has 0 fully saturated rings. The molecular weight excluding hydrogens is 492 g/mol. The van der Waals surface area contributed by atoms with Gasteiger partial charge < -0.3 is 10.4 Å². The van der Waals surface area contributed by atoms with Crippen LogP contribution in [0.5, 0.6) is 0 Å². The second kappa shape index (κ2) is 9.29. The molecule has 0 radical (unpaired) electrons. The zero-order valence-corrected chi connectivity index (χ0v) is 19.7. The van der Waals surface area contributed by atoms with Gasteiger partial charge in [0, 0.05) is 42.0 Å². The van der Waals surface area contributed by atoms with E-state index in [0.717, 1.165) is 30.7 Å². The van der Waals surface area contributed by atoms with Gasteiger partial charge in [0.2, 0.25) is 0 Å². The van der Waals surface area contributed by atoms with Gasteiger partial charge in [-0.3, -0.25) is 9.97 Å². The van der Waals surface area contributed by atoms with Crippen LogP contribution in [0, 0.1) is 11.2 Å². The number of nitrogens with zero attached hydrogens (tertiary/aromatic N) is 3. The minimum absolute atomic E-state index is 0.293. The molecule has 0 aliphatic rings. The van der Waals surface area contributed by atoms with Gasteiger partial charge in [0.1, 0.15) is 10.6 Å². The summed E-state index contributed by atoms with van der Waals surface area (Å²) in [5.74, 6) is -1.24. The number of nitrogens with one attached hydrogen (secondary N) is 1. The summed E-state index contributed by atoms with van der Waals surface area (Å²) in [6, 6.07) is 3.63. The minimum Gasteiger partial charge on any atom is -0.465 e. The Labute approximate surface area is 198 Å². The van der Waals surface area contributed by atoms with Crippen molar-refractivity contribution >= 4 is 16.1 Å². The van der Waals surface area contributed by atoms with Gasteiger partial charge in [-0.05, 0) is 36.1 Å². The molecule has 35 heavy (non-hydrogen) atoms. The second-order valence-electron chi connectivity index (χ2n) is 8.78. The molecule has 1 atom stereocenters. The highest BCUT2D eigenvalue weighted by Gasteiger charge is 2.39. The summed E-state index contributed by atoms with van der Waals surface area (Å²) in [6.45, 7) is 5.04. The molecule has 0 saturated heterocycles. The number of carbonyl (C=O) groups is 1. The van der Waals surface area contributed by atoms with Gasteiger partial charge in [-0.2, -0.15) is 13.2 Å². The fraction of sp³-hybridized carbons (Fsp3) is 0.318. The number of pyridine rings is 2. The van der Waals surface area contributed by atoms with Gasteiger partial charge in [-0.15, -0.1) is 0 Å². The number of amides is 1. The van der Waals surface area contributed by atoms with Crippen molar-refractivity contribution in [3.63, 3.8) is 0 Å². The summed E-state index contributed by atoms with van der Waals surface area (Å²) in [4.78, 5) is 17.9. The molecule has 3 aromatic heterocycles. The Morgan fingerprint density at radius 2 is 1.83 bits per heavy atom. The number of hydrogen-bond donors (Lipinski definition) is 2. The van der Waals surface area contributed by atoms with Crippen LogP contribution in [0.15, 0.2) is 53.9 Å². The third-order valence-electron chi connectivity index (χ3n) is 5.27. The molecule has 1 unspecified atom stereocenters. The largest absolute Gasteiger partial charge is 0.465 e. The minimum atomic E-state index is -5.00. The maximum Gasteiger partial charge on any atom is 0.434 e. The highest BCUT2D eigenvalue weighted by molar-refractivity contribution is 7.90. The van der Waals surface area contributed by atoms with Crippen LogP contribution in [0.25, 0.3) is 11.3 Å². The number of rotatable bonds is 6. The Morgan fingerprint density at radius 3 is 2.37 bits per heavy atom. The lowest BCUT2D eigenvalue weighted by Gasteiger charge is -2.30. The zero-order chi connectivity index (χ0) is 26.2. The van der Waals surface area contributed by atoms with E-state index in [1.54, 1.807) is 20.8 Å². The SMILES string of the molecule is CC(C)(C)C(Cc1cn(S(=O)(=O)c2cccnc2)c(-c2cccnc2C(F)(F)F)c1F)NC(=O)O. The maximum atomic E-state index is 15.8. The topological polar surface area (TPSA) is 114 Å². The average molecular weight is 515 g/mol. The third kappa shape index (κ3) is 5.45. The van der Waals surface area contributed by atoms with Crippen LogP contribution in [0.3, 0.4) is 0 Å². The van der Waals surface area contributed by atoms with E-state index in [1.165, 1.54) is 18.3 Å². The Hall–Kier alpha value is -3.48. The first-order chi connectivity index (χ1) is 16.1. The van der Waals surface area contributed by atoms with E-state index in [4.69, 9.17) is 0 Å². The summed E-state index contributed by atoms with van der Waals surface area (Å²) in [6.07, 6.45) is -2.71. The zero-order valence-electron chi connectivity index (χ0n) is 18.8. The lowest BCUT2D eigenvalue weighted by molar-refractivity contribution is -0.140. The van der Waals surface area contributed by atoms with Crippen molar-refractivity contribution in [3.8, 4) is 11.3 Å². The number of alkyl halides is 3. The molecule has 0 spiro atoms. The number of halogens is 4. The van der Waals surface area contributed by atoms with Crippen LogP contribution in [0.4, 0.5) is 22.4 Å². The molecule has 8 nitrogen and oxygen atoms in total. The summed E-state index contributed by atoms with van der Waals surface area (Å²) in [7, 11) is -4.59. The van der Waals surface area contributed by atoms with Gasteiger partial charge >= 0.3 is 12.3 Å². The standard InChI is InChI=1S/C22H22F4N4O4S/c1-21(2,3)16(29-20(31)32)10-13-12-30(35(33,34)14-6-4-8-27-11-14)18(17(13)23)15-7-5-9-28-19(15)22(24,25)26/h4-9,11-12,16,29H,10H2,1-3H3,(H,31,32). The Kier molecular flexibility index (Phi) is 6.93. The fourth-order valence-corrected chi connectivity index (χ4v) is 4.82. The Balaban J connectivity index is 2.31. The Morgan fingerprint density at radius 1 is 1.17 bits per heavy atom. The van der Waals surface area contributed by atoms with Crippen molar-refractivity contribution in [1.82, 2.24) is 19.3 Å². The highest BCUT2D eigenvalue weighted by Crippen LogP contribution is 2.39. The predicted molar refractivity (Wildman–Crippen MR) is 118 cm³/mol. The van der Waals surface area contributed by atoms with Crippen molar-refractivity contribution in [3.05, 3.63) is 66.1 Å². The second-order valence-corrected chi connectivity index (χ2v) is 10.6. The van der Waals surface area contributed by atoms with E-state index in [2.05, 4.69) is 15.3 Å². The van der Waals surface area contributed by atoms with Crippen LogP contribution in [0.2, 0.25) is 0 Å². The van der Waals surface area contributed by atoms with Crippen molar-refractivity contribution < 1.29 is 35.9 Å². The molecule has 0 aromatic carbocycles. The van der Waals surface area contributed by atoms with Crippen LogP contribution >= 0.6 is 0 Å². The first-order valence-electron chi connectivity index (χ1n) is 10.2. The monoisotopic (exact) mass is 514 g/mol. The number of aromatic nitrogens is 3. The lowest BCUT2D eigenvalue weighted by atomic mass is 9.83. The van der Waals surface area contributed by atoms with Crippen LogP contribution in [0.1, 0.15) is 32.0 Å². The molecule has 0 saturated carbocycles. The fourth-order valence-electron chi connectivity index (χ4n) is 3.46. The molecule has 2 N–H and O–H groups in total. The van der Waals surface area contributed by atoms with Gasteiger partial charge in [0.05, 0.1) is 0 Å². The highest BCUT2D eigenvalue weighted by atomic mass is 32.2. The summed E-state index contributed by atoms with van der Waals surface area (Å²) >= 11 is 0. The molecule has 188 valence electrons. The first kappa shape index (κ1) is 26.1. The van der Waals surface area contributed by atoms with E-state index in [9.17, 15) is 31.5 Å². The van der Waals surface area contributed by atoms with Crippen LogP contribution in [-0.2, 0) is 22.6 Å². The molecule has 1 amide bonds. The molecule has 0 aliphatic carbocycles. The van der Waals surface area contributed by atoms with Crippen molar-refractivity contribution in [1.29, 1.82) is 0 Å². The van der Waals surface area contributed by atoms with E-state index < -0.39 is 56.5 Å². The maximum absolute atomic E-state index is 15.8. The molecular formula is C22H22F4N4O4S. The van der Waals surface area contributed by atoms with Gasteiger partial charge in [-0.25, -0.2) is 21.6 Å². The van der Waals surface area contributed by atoms with E-state index in [-0.39, 0.29) is 16.9 Å². The van der Waals surface area contributed by atoms with Crippen molar-refractivity contribution in [2.45, 2.75) is 44.3 Å². The average Bonchev–Trinajstić information content (AvgIpc) is 3.09. The van der Waals surface area contributed by atoms with Gasteiger partial charge in [0.25, 0.3) is 10.0 Å². The third-order valence-corrected chi connectivity index (χ3v) is 6.92. The molecule has 3 aromatic rings. The van der Waals surface area contributed by atoms with Crippen LogP contribution < -0.4 is 5.32 Å². The van der Waals surface area contributed by atoms with Gasteiger partial charge in [-0.1, -0.05) is 20.8 Å². The van der Waals surface area contributed by atoms with E-state index >= 15 is 4.39 Å². The van der Waals surface area contributed by atoms with E-state index in [0.29, 0.717) is 3.97 Å². The molecule has 13 heteroatoms. The van der Waals surface area contributed by atoms with Crippen molar-refractivity contribution in [2.75, 3.05) is 0 Å². The van der Waals surface area contributed by atoms with Gasteiger partial charge in [0.15, 0.2) is 11.5 Å². The normalized spacial score (nSPS) is 13.5. The molecule has 3 heterocycles. The van der Waals surface area contributed by atoms with E-state index in [1.807, 2.05) is 0 Å². The molecule has 3 rings (SSSR count). The lowest BCUT2D eigenvalue weighted by Crippen LogP contribution is -2.44. The Bertz CT molecular complexity index is 1330. The predicted octanol–water partition coefficient (Wildman–Crippen LogP) is 4.56. The quantitative estimate of drug-likeness (QED) is 0.466. The number of hydrogen-bond acceptors (Lipinski definition) is 5. The van der Waals surface area contributed by atoms with Crippen LogP contribution in [-0.4, -0.2) is 39.6 Å². The summed E-state index contributed by atoms with van der Waals surface area (Å²) in [5.41, 5.74) is -4.15. The summed E-state index contributed by atoms with van der Waals surface area (Å²) < 4.78 is 84.1. The summed E-state index contributed by atoms with van der Waals surface area (Å²) in [5, 5.41) is 11.4. The molecule has 0 aliphatic heterocycles. The molecule has 0 bridgehead atoms. The smallest absolute Gasteiger partial charge is 0.434 e. The van der Waals surface area contributed by atoms with Crippen molar-refractivity contribution in [2.24, 2.45) is 5.41 Å². The first-order valence-corrected chi connectivity index (χ1v) is 11.7.